The van der Waals surface area contributed by atoms with E-state index in [-0.39, 0.29) is 5.84 Å². The lowest BCUT2D eigenvalue weighted by Gasteiger charge is -2.04. The first-order valence-corrected chi connectivity index (χ1v) is 5.23. The number of amidine groups is 1. The Kier molecular flexibility index (Phi) is 3.06. The Morgan fingerprint density at radius 3 is 2.94 bits per heavy atom. The number of oxime groups is 1. The average Bonchev–Trinajstić information content (AvgIpc) is 2.82. The third-order valence-electron chi connectivity index (χ3n) is 1.87. The van der Waals surface area contributed by atoms with E-state index in [1.807, 2.05) is 18.2 Å². The molecule has 0 aliphatic heterocycles. The van der Waals surface area contributed by atoms with E-state index in [2.05, 4.69) is 20.3 Å². The molecule has 1 aromatic carbocycles. The minimum atomic E-state index is 0.0719. The van der Waals surface area contributed by atoms with Crippen molar-refractivity contribution in [2.24, 2.45) is 10.9 Å². The van der Waals surface area contributed by atoms with E-state index < -0.39 is 0 Å². The second-order valence-corrected chi connectivity index (χ2v) is 3.90. The Labute approximate surface area is 95.6 Å². The zero-order valence-corrected chi connectivity index (χ0v) is 8.98. The summed E-state index contributed by atoms with van der Waals surface area (Å²) in [7, 11) is 0. The summed E-state index contributed by atoms with van der Waals surface area (Å²) in [5, 5.41) is 18.8. The summed E-state index contributed by atoms with van der Waals surface area (Å²) < 4.78 is 0. The van der Waals surface area contributed by atoms with Crippen molar-refractivity contribution in [1.82, 2.24) is 15.2 Å². The van der Waals surface area contributed by atoms with Gasteiger partial charge >= 0.3 is 0 Å². The van der Waals surface area contributed by atoms with E-state index in [0.29, 0.717) is 10.7 Å². The smallest absolute Gasteiger partial charge is 0.188 e. The Morgan fingerprint density at radius 1 is 1.44 bits per heavy atom. The standard InChI is InChI=1S/C9H9N5OS/c10-8(14-15)6-3-1-2-4-7(6)16-9-11-5-12-13-9/h1-5,15H,(H2,10,14)(H,11,12,13). The molecule has 16 heavy (non-hydrogen) atoms. The molecule has 0 bridgehead atoms. The normalized spacial score (nSPS) is 11.6. The van der Waals surface area contributed by atoms with Crippen LogP contribution in [-0.2, 0) is 0 Å². The fourth-order valence-corrected chi connectivity index (χ4v) is 2.00. The number of aromatic amines is 1. The third kappa shape index (κ3) is 2.14. The molecule has 82 valence electrons. The molecule has 1 aromatic heterocycles. The van der Waals surface area contributed by atoms with Gasteiger partial charge in [-0.2, -0.15) is 5.10 Å². The van der Waals surface area contributed by atoms with Crippen molar-refractivity contribution in [1.29, 1.82) is 0 Å². The van der Waals surface area contributed by atoms with Gasteiger partial charge in [-0.05, 0) is 17.8 Å². The quantitative estimate of drug-likeness (QED) is 0.319. The first-order chi connectivity index (χ1) is 7.81. The van der Waals surface area contributed by atoms with Gasteiger partial charge in [0.05, 0.1) is 0 Å². The van der Waals surface area contributed by atoms with Crippen molar-refractivity contribution < 1.29 is 5.21 Å². The Hall–Kier alpha value is -2.02. The van der Waals surface area contributed by atoms with E-state index in [0.717, 1.165) is 4.90 Å². The predicted molar refractivity (Wildman–Crippen MR) is 59.5 cm³/mol. The molecule has 0 amide bonds. The maximum Gasteiger partial charge on any atom is 0.188 e. The molecule has 4 N–H and O–H groups in total. The highest BCUT2D eigenvalue weighted by Crippen LogP contribution is 2.27. The molecular weight excluding hydrogens is 226 g/mol. The monoisotopic (exact) mass is 235 g/mol. The molecule has 0 spiro atoms. The molecule has 2 aromatic rings. The maximum absolute atomic E-state index is 8.66. The van der Waals surface area contributed by atoms with Crippen LogP contribution >= 0.6 is 11.8 Å². The van der Waals surface area contributed by atoms with E-state index >= 15 is 0 Å². The lowest BCUT2D eigenvalue weighted by Crippen LogP contribution is -2.14. The molecular formula is C9H9N5OS. The third-order valence-corrected chi connectivity index (χ3v) is 2.84. The zero-order valence-electron chi connectivity index (χ0n) is 8.16. The first-order valence-electron chi connectivity index (χ1n) is 4.41. The second kappa shape index (κ2) is 4.67. The first kappa shape index (κ1) is 10.5. The van der Waals surface area contributed by atoms with Gasteiger partial charge in [0.15, 0.2) is 11.0 Å². The molecule has 0 saturated carbocycles. The van der Waals surface area contributed by atoms with Crippen LogP contribution in [-0.4, -0.2) is 26.2 Å². The van der Waals surface area contributed by atoms with Crippen molar-refractivity contribution in [2.75, 3.05) is 0 Å². The molecule has 0 fully saturated rings. The number of hydrogen-bond donors (Lipinski definition) is 3. The van der Waals surface area contributed by atoms with Gasteiger partial charge in [-0.25, -0.2) is 4.98 Å². The van der Waals surface area contributed by atoms with Gasteiger partial charge in [-0.1, -0.05) is 23.4 Å². The van der Waals surface area contributed by atoms with Crippen LogP contribution in [0.1, 0.15) is 5.56 Å². The summed E-state index contributed by atoms with van der Waals surface area (Å²) in [4.78, 5) is 4.83. The number of aromatic nitrogens is 3. The number of nitrogens with two attached hydrogens (primary N) is 1. The van der Waals surface area contributed by atoms with Crippen molar-refractivity contribution in [3.63, 3.8) is 0 Å². The lowest BCUT2D eigenvalue weighted by atomic mass is 10.2. The molecule has 6 nitrogen and oxygen atoms in total. The molecule has 2 rings (SSSR count). The summed E-state index contributed by atoms with van der Waals surface area (Å²) in [6.45, 7) is 0. The minimum Gasteiger partial charge on any atom is -0.409 e. The van der Waals surface area contributed by atoms with Crippen LogP contribution in [0.3, 0.4) is 0 Å². The summed E-state index contributed by atoms with van der Waals surface area (Å²) in [5.41, 5.74) is 6.22. The summed E-state index contributed by atoms with van der Waals surface area (Å²) >= 11 is 1.36. The van der Waals surface area contributed by atoms with Crippen LogP contribution in [0.25, 0.3) is 0 Å². The van der Waals surface area contributed by atoms with Gasteiger partial charge in [0.2, 0.25) is 0 Å². The van der Waals surface area contributed by atoms with Crippen molar-refractivity contribution in [2.45, 2.75) is 10.1 Å². The average molecular weight is 235 g/mol. The van der Waals surface area contributed by atoms with E-state index in [1.54, 1.807) is 6.07 Å². The van der Waals surface area contributed by atoms with Gasteiger partial charge in [0.25, 0.3) is 0 Å². The van der Waals surface area contributed by atoms with Crippen LogP contribution in [0.5, 0.6) is 0 Å². The van der Waals surface area contributed by atoms with Gasteiger partial charge < -0.3 is 10.9 Å². The topological polar surface area (TPSA) is 100 Å². The highest BCUT2D eigenvalue weighted by molar-refractivity contribution is 7.99. The number of nitrogens with one attached hydrogen (secondary N) is 1. The molecule has 7 heteroatoms. The lowest BCUT2D eigenvalue weighted by molar-refractivity contribution is 0.318. The largest absolute Gasteiger partial charge is 0.409 e. The van der Waals surface area contributed by atoms with Crippen molar-refractivity contribution >= 4 is 17.6 Å². The van der Waals surface area contributed by atoms with E-state index in [9.17, 15) is 0 Å². The highest BCUT2D eigenvalue weighted by Gasteiger charge is 2.08. The summed E-state index contributed by atoms with van der Waals surface area (Å²) in [6.07, 6.45) is 1.43. The maximum atomic E-state index is 8.66. The molecule has 0 aliphatic rings. The number of benzene rings is 1. The second-order valence-electron chi connectivity index (χ2n) is 2.87. The molecule has 0 aliphatic carbocycles. The van der Waals surface area contributed by atoms with Crippen LogP contribution in [0, 0.1) is 0 Å². The number of rotatable bonds is 3. The summed E-state index contributed by atoms with van der Waals surface area (Å²) in [6, 6.07) is 7.32. The Morgan fingerprint density at radius 2 is 2.25 bits per heavy atom. The zero-order chi connectivity index (χ0) is 11.4. The highest BCUT2D eigenvalue weighted by atomic mass is 32.2. The molecule has 1 heterocycles. The SMILES string of the molecule is N/C(=N\O)c1ccccc1Sc1ncn[nH]1. The molecule has 0 saturated heterocycles. The Bertz CT molecular complexity index is 496. The minimum absolute atomic E-state index is 0.0719. The Balaban J connectivity index is 2.34. The summed E-state index contributed by atoms with van der Waals surface area (Å²) in [5.74, 6) is 0.0719. The van der Waals surface area contributed by atoms with E-state index in [1.165, 1.54) is 18.1 Å². The van der Waals surface area contributed by atoms with Gasteiger partial charge in [-0.15, -0.1) is 0 Å². The molecule has 0 atom stereocenters. The number of H-pyrrole nitrogens is 1. The van der Waals surface area contributed by atoms with Crippen molar-refractivity contribution in [3.8, 4) is 0 Å². The van der Waals surface area contributed by atoms with Crippen LogP contribution in [0.2, 0.25) is 0 Å². The van der Waals surface area contributed by atoms with Crippen LogP contribution < -0.4 is 5.73 Å². The van der Waals surface area contributed by atoms with E-state index in [4.69, 9.17) is 10.9 Å². The molecule has 0 unspecified atom stereocenters. The van der Waals surface area contributed by atoms with Gasteiger partial charge in [-0.3, -0.25) is 5.10 Å². The fourth-order valence-electron chi connectivity index (χ4n) is 1.17. The predicted octanol–water partition coefficient (Wildman–Crippen LogP) is 1.05. The fraction of sp³-hybridized carbons (Fsp3) is 0. The number of nitrogens with zero attached hydrogens (tertiary/aromatic N) is 3. The number of hydrogen-bond acceptors (Lipinski definition) is 5. The molecule has 0 radical (unpaired) electrons. The van der Waals surface area contributed by atoms with Gasteiger partial charge in [0, 0.05) is 10.5 Å². The van der Waals surface area contributed by atoms with Crippen molar-refractivity contribution in [3.05, 3.63) is 36.2 Å². The van der Waals surface area contributed by atoms with Gasteiger partial charge in [0.1, 0.15) is 6.33 Å². The van der Waals surface area contributed by atoms with Crippen LogP contribution in [0.4, 0.5) is 0 Å². The van der Waals surface area contributed by atoms with Crippen LogP contribution in [0.15, 0.2) is 45.8 Å².